The number of hydrogen-bond donors (Lipinski definition) is 3. The standard InChI is InChI=1S/C32H45N3O7/c1-6-7-8-9-13-20-35(28(24-16-18-25(36)19-17-24)29(38)33-22-27(37)41-5)30(39)26(21-23-14-11-10-12-15-23)34-31(40)42-32(2,3)4/h10-12,14-19,26,28,36H,6-9,13,20-22H2,1-5H3,(H,33,38)(H,34,40). The minimum Gasteiger partial charge on any atom is -0.508 e. The number of methoxy groups -OCH3 is 1. The van der Waals surface area contributed by atoms with Crippen LogP contribution in [0.4, 0.5) is 4.79 Å². The van der Waals surface area contributed by atoms with E-state index < -0.39 is 41.6 Å². The number of aromatic hydroxyl groups is 1. The topological polar surface area (TPSA) is 134 Å². The van der Waals surface area contributed by atoms with E-state index in [1.807, 2.05) is 30.3 Å². The summed E-state index contributed by atoms with van der Waals surface area (Å²) in [5.74, 6) is -1.72. The third-order valence-electron chi connectivity index (χ3n) is 6.46. The van der Waals surface area contributed by atoms with Crippen LogP contribution in [0.2, 0.25) is 0 Å². The number of carbonyl (C=O) groups excluding carboxylic acids is 4. The third-order valence-corrected chi connectivity index (χ3v) is 6.46. The largest absolute Gasteiger partial charge is 0.508 e. The molecule has 2 aromatic carbocycles. The lowest BCUT2D eigenvalue weighted by atomic mass is 9.99. The van der Waals surface area contributed by atoms with E-state index >= 15 is 0 Å². The van der Waals surface area contributed by atoms with Gasteiger partial charge in [0.25, 0.3) is 0 Å². The first-order valence-electron chi connectivity index (χ1n) is 14.4. The molecule has 3 N–H and O–H groups in total. The zero-order chi connectivity index (χ0) is 31.1. The van der Waals surface area contributed by atoms with Crippen LogP contribution in [0.5, 0.6) is 5.75 Å². The molecule has 2 rings (SSSR count). The molecule has 230 valence electrons. The summed E-state index contributed by atoms with van der Waals surface area (Å²) in [4.78, 5) is 54.2. The molecule has 10 nitrogen and oxygen atoms in total. The van der Waals surface area contributed by atoms with E-state index in [9.17, 15) is 24.3 Å². The van der Waals surface area contributed by atoms with Gasteiger partial charge in [-0.2, -0.15) is 0 Å². The average Bonchev–Trinajstić information content (AvgIpc) is 2.94. The highest BCUT2D eigenvalue weighted by Gasteiger charge is 2.36. The number of nitrogens with one attached hydrogen (secondary N) is 2. The van der Waals surface area contributed by atoms with E-state index in [0.717, 1.165) is 31.2 Å². The van der Waals surface area contributed by atoms with Crippen LogP contribution >= 0.6 is 0 Å². The third kappa shape index (κ3) is 11.8. The second kappa shape index (κ2) is 17.0. The van der Waals surface area contributed by atoms with Crippen LogP contribution in [0.25, 0.3) is 0 Å². The number of phenols is 1. The van der Waals surface area contributed by atoms with Crippen molar-refractivity contribution in [2.24, 2.45) is 0 Å². The van der Waals surface area contributed by atoms with E-state index in [0.29, 0.717) is 12.0 Å². The summed E-state index contributed by atoms with van der Waals surface area (Å²) in [6, 6.07) is 13.0. The maximum atomic E-state index is 14.4. The lowest BCUT2D eigenvalue weighted by molar-refractivity contribution is -0.144. The normalized spacial score (nSPS) is 12.5. The minimum absolute atomic E-state index is 0.00143. The van der Waals surface area contributed by atoms with E-state index in [2.05, 4.69) is 22.3 Å². The second-order valence-electron chi connectivity index (χ2n) is 11.1. The fourth-order valence-corrected chi connectivity index (χ4v) is 4.41. The monoisotopic (exact) mass is 583 g/mol. The molecule has 0 bridgehead atoms. The Balaban J connectivity index is 2.52. The zero-order valence-corrected chi connectivity index (χ0v) is 25.4. The van der Waals surface area contributed by atoms with Gasteiger partial charge in [0.15, 0.2) is 0 Å². The van der Waals surface area contributed by atoms with Crippen molar-refractivity contribution in [1.29, 1.82) is 0 Å². The molecular formula is C32H45N3O7. The summed E-state index contributed by atoms with van der Waals surface area (Å²) in [5, 5.41) is 15.2. The first kappa shape index (κ1) is 34.1. The van der Waals surface area contributed by atoms with Gasteiger partial charge in [0, 0.05) is 13.0 Å². The Hall–Kier alpha value is -4.08. The van der Waals surface area contributed by atoms with Crippen LogP contribution in [-0.2, 0) is 30.3 Å². The molecule has 0 aliphatic rings. The van der Waals surface area contributed by atoms with Crippen LogP contribution < -0.4 is 10.6 Å². The highest BCUT2D eigenvalue weighted by atomic mass is 16.6. The predicted molar refractivity (Wildman–Crippen MR) is 160 cm³/mol. The SMILES string of the molecule is CCCCCCCN(C(=O)C(Cc1ccccc1)NC(=O)OC(C)(C)C)C(C(=O)NCC(=O)OC)c1ccc(O)cc1. The fourth-order valence-electron chi connectivity index (χ4n) is 4.41. The van der Waals surface area contributed by atoms with Gasteiger partial charge in [0.2, 0.25) is 11.8 Å². The molecule has 0 radical (unpaired) electrons. The number of esters is 1. The maximum Gasteiger partial charge on any atom is 0.408 e. The van der Waals surface area contributed by atoms with Crippen LogP contribution in [-0.4, -0.2) is 65.7 Å². The van der Waals surface area contributed by atoms with Gasteiger partial charge < -0.3 is 30.1 Å². The van der Waals surface area contributed by atoms with Crippen molar-refractivity contribution in [1.82, 2.24) is 15.5 Å². The summed E-state index contributed by atoms with van der Waals surface area (Å²) in [6.45, 7) is 7.15. The Morgan fingerprint density at radius 2 is 1.57 bits per heavy atom. The van der Waals surface area contributed by atoms with Crippen LogP contribution in [0.15, 0.2) is 54.6 Å². The molecule has 0 heterocycles. The number of rotatable bonds is 15. The first-order chi connectivity index (χ1) is 19.9. The molecule has 2 atom stereocenters. The average molecular weight is 584 g/mol. The maximum absolute atomic E-state index is 14.4. The molecule has 0 spiro atoms. The van der Waals surface area contributed by atoms with Crippen LogP contribution in [0, 0.1) is 0 Å². The van der Waals surface area contributed by atoms with Gasteiger partial charge >= 0.3 is 12.1 Å². The second-order valence-corrected chi connectivity index (χ2v) is 11.1. The fraction of sp³-hybridized carbons (Fsp3) is 0.500. The van der Waals surface area contributed by atoms with Crippen molar-refractivity contribution in [3.8, 4) is 5.75 Å². The summed E-state index contributed by atoms with van der Waals surface area (Å²) in [5.41, 5.74) is 0.463. The van der Waals surface area contributed by atoms with E-state index in [1.54, 1.807) is 32.9 Å². The number of nitrogens with zero attached hydrogens (tertiary/aromatic N) is 1. The van der Waals surface area contributed by atoms with Gasteiger partial charge in [-0.1, -0.05) is 75.1 Å². The minimum atomic E-state index is -1.15. The molecule has 0 saturated carbocycles. The van der Waals surface area contributed by atoms with Gasteiger partial charge in [-0.15, -0.1) is 0 Å². The number of alkyl carbamates (subject to hydrolysis) is 1. The van der Waals surface area contributed by atoms with Crippen molar-refractivity contribution in [2.45, 2.75) is 83.9 Å². The highest BCUT2D eigenvalue weighted by Crippen LogP contribution is 2.26. The van der Waals surface area contributed by atoms with E-state index in [4.69, 9.17) is 4.74 Å². The Bertz CT molecular complexity index is 1150. The molecule has 0 aromatic heterocycles. The molecule has 2 aromatic rings. The van der Waals surface area contributed by atoms with Crippen molar-refractivity contribution in [3.63, 3.8) is 0 Å². The molecule has 0 fully saturated rings. The lowest BCUT2D eigenvalue weighted by Crippen LogP contribution is -2.54. The number of ether oxygens (including phenoxy) is 2. The van der Waals surface area contributed by atoms with Crippen molar-refractivity contribution >= 4 is 23.9 Å². The Kier molecular flexibility index (Phi) is 13.8. The van der Waals surface area contributed by atoms with E-state index in [-0.39, 0.29) is 25.3 Å². The van der Waals surface area contributed by atoms with Crippen LogP contribution in [0.3, 0.4) is 0 Å². The molecule has 0 aliphatic heterocycles. The van der Waals surface area contributed by atoms with Crippen molar-refractivity contribution in [2.75, 3.05) is 20.2 Å². The summed E-state index contributed by atoms with van der Waals surface area (Å²) >= 11 is 0. The molecule has 10 heteroatoms. The summed E-state index contributed by atoms with van der Waals surface area (Å²) in [7, 11) is 1.22. The lowest BCUT2D eigenvalue weighted by Gasteiger charge is -2.34. The van der Waals surface area contributed by atoms with Crippen molar-refractivity contribution < 1.29 is 33.8 Å². The summed E-state index contributed by atoms with van der Waals surface area (Å²) in [6.07, 6.45) is 3.94. The Morgan fingerprint density at radius 3 is 2.17 bits per heavy atom. The molecule has 0 saturated heterocycles. The molecule has 0 aliphatic carbocycles. The quantitative estimate of drug-likeness (QED) is 0.205. The molecule has 3 amide bonds. The number of carbonyl (C=O) groups is 4. The van der Waals surface area contributed by atoms with Gasteiger partial charge in [-0.25, -0.2) is 4.79 Å². The molecule has 42 heavy (non-hydrogen) atoms. The molecular weight excluding hydrogens is 538 g/mol. The Morgan fingerprint density at radius 1 is 0.929 bits per heavy atom. The first-order valence-corrected chi connectivity index (χ1v) is 14.4. The highest BCUT2D eigenvalue weighted by molar-refractivity contribution is 5.93. The van der Waals surface area contributed by atoms with Gasteiger partial charge in [-0.3, -0.25) is 14.4 Å². The van der Waals surface area contributed by atoms with E-state index in [1.165, 1.54) is 24.1 Å². The summed E-state index contributed by atoms with van der Waals surface area (Å²) < 4.78 is 10.1. The number of phenolic OH excluding ortho intramolecular Hbond substituents is 1. The Labute approximate surface area is 248 Å². The van der Waals surface area contributed by atoms with Crippen molar-refractivity contribution in [3.05, 3.63) is 65.7 Å². The number of amides is 3. The number of unbranched alkanes of at least 4 members (excludes halogenated alkanes) is 4. The molecule has 2 unspecified atom stereocenters. The number of benzene rings is 2. The number of hydrogen-bond acceptors (Lipinski definition) is 7. The predicted octanol–water partition coefficient (Wildman–Crippen LogP) is 4.66. The van der Waals surface area contributed by atoms with Gasteiger partial charge in [-0.05, 0) is 50.5 Å². The zero-order valence-electron chi connectivity index (χ0n) is 25.4. The van der Waals surface area contributed by atoms with Gasteiger partial charge in [0.05, 0.1) is 7.11 Å². The van der Waals surface area contributed by atoms with Crippen LogP contribution in [0.1, 0.15) is 77.0 Å². The smallest absolute Gasteiger partial charge is 0.408 e. The van der Waals surface area contributed by atoms with Gasteiger partial charge in [0.1, 0.15) is 30.0 Å².